The summed E-state index contributed by atoms with van der Waals surface area (Å²) in [6.07, 6.45) is 1.90. The fourth-order valence-electron chi connectivity index (χ4n) is 6.64. The molecule has 0 aliphatic carbocycles. The Kier molecular flexibility index (Phi) is 11.5. The first-order valence-corrected chi connectivity index (χ1v) is 19.6. The topological polar surface area (TPSA) is 261 Å². The Balaban J connectivity index is 1.10. The summed E-state index contributed by atoms with van der Waals surface area (Å²) < 4.78 is 47.9. The first-order chi connectivity index (χ1) is 25.6. The maximum absolute atomic E-state index is 13.4. The van der Waals surface area contributed by atoms with Gasteiger partial charge in [-0.2, -0.15) is 14.0 Å². The van der Waals surface area contributed by atoms with Gasteiger partial charge in [0.05, 0.1) is 24.5 Å². The van der Waals surface area contributed by atoms with E-state index in [1.54, 1.807) is 12.1 Å². The number of Topliss-reactive ketones (excluding diaryl/α,β-unsaturated/α-hetero) is 1. The quantitative estimate of drug-likeness (QED) is 0.0325. The number of amides is 1. The number of anilines is 2. The third-order valence-electron chi connectivity index (χ3n) is 9.78. The molecule has 1 aromatic carbocycles. The summed E-state index contributed by atoms with van der Waals surface area (Å²) in [5, 5.41) is 18.9. The highest BCUT2D eigenvalue weighted by Crippen LogP contribution is 2.40. The van der Waals surface area contributed by atoms with Crippen molar-refractivity contribution in [3.8, 4) is 5.75 Å². The van der Waals surface area contributed by atoms with E-state index in [4.69, 9.17) is 21.0 Å². The molecule has 21 heteroatoms. The number of carbonyl (C=O) groups is 3. The summed E-state index contributed by atoms with van der Waals surface area (Å²) in [4.78, 5) is 49.8. The third kappa shape index (κ3) is 8.66. The molecule has 0 bridgehead atoms. The van der Waals surface area contributed by atoms with E-state index in [0.29, 0.717) is 23.3 Å². The number of fused-ring (bicyclic) bond motifs is 1. The minimum Gasteiger partial charge on any atom is -0.724 e. The van der Waals surface area contributed by atoms with Crippen molar-refractivity contribution in [2.45, 2.75) is 64.4 Å². The number of thiazole rings is 1. The van der Waals surface area contributed by atoms with Crippen molar-refractivity contribution in [2.24, 2.45) is 22.7 Å². The van der Waals surface area contributed by atoms with Crippen LogP contribution in [-0.2, 0) is 60.0 Å². The Labute approximate surface area is 315 Å². The second-order valence-electron chi connectivity index (χ2n) is 13.9. The number of aliphatic carboxylic acids is 1. The molecule has 6 N–H and O–H groups in total. The van der Waals surface area contributed by atoms with Gasteiger partial charge in [0.15, 0.2) is 29.4 Å². The molecule has 2 saturated heterocycles. The van der Waals surface area contributed by atoms with Gasteiger partial charge in [-0.3, -0.25) is 9.59 Å². The van der Waals surface area contributed by atoms with Crippen LogP contribution in [0.5, 0.6) is 5.75 Å². The number of nitrogens with zero attached hydrogens (tertiary/aromatic N) is 6. The number of hydrogen-bond acceptors (Lipinski definition) is 16. The number of benzene rings is 1. The molecule has 3 aliphatic rings. The van der Waals surface area contributed by atoms with Crippen molar-refractivity contribution in [1.29, 1.82) is 0 Å². The van der Waals surface area contributed by atoms with Crippen LogP contribution in [-0.4, -0.2) is 101 Å². The minimum atomic E-state index is -5.24. The number of nitrogens with one attached hydrogen (secondary N) is 1. The van der Waals surface area contributed by atoms with E-state index in [1.807, 2.05) is 12.1 Å². The summed E-state index contributed by atoms with van der Waals surface area (Å²) in [7, 11) is -5.24. The van der Waals surface area contributed by atoms with Crippen LogP contribution in [0, 0.1) is 11.8 Å². The van der Waals surface area contributed by atoms with Gasteiger partial charge in [-0.25, -0.2) is 18.2 Å². The predicted octanol–water partition coefficient (Wildman–Crippen LogP) is -0.214. The number of oxime groups is 1. The van der Waals surface area contributed by atoms with Crippen molar-refractivity contribution in [3.63, 3.8) is 0 Å². The molecule has 0 radical (unpaired) electrons. The van der Waals surface area contributed by atoms with E-state index in [-0.39, 0.29) is 10.8 Å². The Morgan fingerprint density at radius 2 is 2.00 bits per heavy atom. The number of β-lactam (4-membered cyclic amide) rings is 1. The average Bonchev–Trinajstić information content (AvgIpc) is 3.69. The molecule has 2 fully saturated rings. The van der Waals surface area contributed by atoms with Gasteiger partial charge in [0.2, 0.25) is 10.4 Å². The molecule has 292 valence electrons. The largest absolute Gasteiger partial charge is 0.724 e. The van der Waals surface area contributed by atoms with Crippen LogP contribution in [0.15, 0.2) is 41.0 Å². The van der Waals surface area contributed by atoms with Gasteiger partial charge >= 0.3 is 5.97 Å². The van der Waals surface area contributed by atoms with Crippen LogP contribution in [0.1, 0.15) is 43.6 Å². The third-order valence-corrected chi connectivity index (χ3v) is 10.8. The zero-order valence-electron chi connectivity index (χ0n) is 29.8. The Hall–Kier alpha value is -4.67. The molecule has 2 aromatic heterocycles. The highest BCUT2D eigenvalue weighted by Gasteiger charge is 2.57. The van der Waals surface area contributed by atoms with Crippen LogP contribution < -0.4 is 31.1 Å². The lowest BCUT2D eigenvalue weighted by Crippen LogP contribution is -2.68. The normalized spacial score (nSPS) is 19.1. The standard InChI is InChI=1S/C33H43N9O10S2/c1-33(2)24(30(44)42(33)52-54(47,48)49)12-27(43)29(25-19-53-32(35)37-25)38-51-28(31(45)46)18-50-23-6-4-22(5-7-23)39-11-8-21-16-40(15-20-13-36-14-20)41(10-3-9-34)26(21)17-39/h4-7,16,19-20,24,28,36H,3,8-15,17-18,34H2,1-2H3,(H3-,35,37,45,46,47,48,49)/b38-29-/t24-,28+/m1/s1. The van der Waals surface area contributed by atoms with Crippen molar-refractivity contribution < 1.29 is 51.0 Å². The zero-order valence-corrected chi connectivity index (χ0v) is 31.4. The highest BCUT2D eigenvalue weighted by molar-refractivity contribution is 7.80. The molecule has 0 spiro atoms. The molecular formula is C33H43N9O10S2. The number of ether oxygens (including phenoxy) is 1. The number of carbonyl (C=O) groups excluding carboxylic acids is 2. The monoisotopic (exact) mass is 789 g/mol. The van der Waals surface area contributed by atoms with Crippen molar-refractivity contribution in [3.05, 3.63) is 52.8 Å². The van der Waals surface area contributed by atoms with E-state index in [2.05, 4.69) is 40.2 Å². The molecule has 3 aromatic rings. The van der Waals surface area contributed by atoms with Crippen LogP contribution >= 0.6 is 11.3 Å². The molecular weight excluding hydrogens is 747 g/mol. The number of ketones is 1. The van der Waals surface area contributed by atoms with Crippen LogP contribution in [0.3, 0.4) is 0 Å². The van der Waals surface area contributed by atoms with E-state index in [1.165, 1.54) is 30.5 Å². The summed E-state index contributed by atoms with van der Waals surface area (Å²) >= 11 is 0.990. The molecule has 6 rings (SSSR count). The summed E-state index contributed by atoms with van der Waals surface area (Å²) in [6.45, 7) is 8.39. The number of hydrogen-bond donors (Lipinski definition) is 4. The van der Waals surface area contributed by atoms with Gasteiger partial charge in [-0.15, -0.1) is 16.0 Å². The van der Waals surface area contributed by atoms with Gasteiger partial charge in [-0.05, 0) is 57.5 Å². The van der Waals surface area contributed by atoms with E-state index in [9.17, 15) is 32.5 Å². The molecule has 0 saturated carbocycles. The van der Waals surface area contributed by atoms with Gasteiger partial charge < -0.3 is 40.9 Å². The first-order valence-electron chi connectivity index (χ1n) is 17.3. The van der Waals surface area contributed by atoms with Crippen LogP contribution in [0.25, 0.3) is 0 Å². The average molecular weight is 790 g/mol. The summed E-state index contributed by atoms with van der Waals surface area (Å²) in [5.74, 6) is -3.22. The second-order valence-corrected chi connectivity index (χ2v) is 15.7. The van der Waals surface area contributed by atoms with Crippen LogP contribution in [0.4, 0.5) is 10.8 Å². The smallest absolute Gasteiger partial charge is 0.351 e. The van der Waals surface area contributed by atoms with Crippen LogP contribution in [0.2, 0.25) is 0 Å². The van der Waals surface area contributed by atoms with Crippen molar-refractivity contribution in [1.82, 2.24) is 20.0 Å². The molecule has 1 amide bonds. The lowest BCUT2D eigenvalue weighted by molar-refractivity contribution is -0.781. The number of nitrogen functional groups attached to an aromatic ring is 1. The van der Waals surface area contributed by atoms with E-state index in [0.717, 1.165) is 69.1 Å². The van der Waals surface area contributed by atoms with Gasteiger partial charge in [0, 0.05) is 48.6 Å². The Morgan fingerprint density at radius 3 is 2.59 bits per heavy atom. The number of rotatable bonds is 18. The fourth-order valence-corrected chi connectivity index (χ4v) is 7.64. The van der Waals surface area contributed by atoms with Gasteiger partial charge in [0.1, 0.15) is 23.7 Å². The summed E-state index contributed by atoms with van der Waals surface area (Å²) in [5.41, 5.74) is 13.4. The number of carboxylic acids is 1. The Bertz CT molecular complexity index is 2010. The molecule has 0 unspecified atom stereocenters. The maximum Gasteiger partial charge on any atom is 0.351 e. The van der Waals surface area contributed by atoms with E-state index < -0.39 is 64.4 Å². The van der Waals surface area contributed by atoms with Gasteiger partial charge in [0.25, 0.3) is 12.0 Å². The van der Waals surface area contributed by atoms with Crippen molar-refractivity contribution >= 4 is 55.9 Å². The molecule has 2 atom stereocenters. The minimum absolute atomic E-state index is 0.0232. The fraction of sp³-hybridized carbons (Fsp3) is 0.515. The second kappa shape index (κ2) is 16.0. The highest BCUT2D eigenvalue weighted by atomic mass is 32.3. The van der Waals surface area contributed by atoms with Gasteiger partial charge in [-0.1, -0.05) is 5.16 Å². The lowest BCUT2D eigenvalue weighted by Gasteiger charge is -2.51. The number of hydroxylamine groups is 2. The van der Waals surface area contributed by atoms with E-state index >= 15 is 0 Å². The summed E-state index contributed by atoms with van der Waals surface area (Å²) in [6, 6.07) is 7.28. The number of aromatic nitrogens is 3. The number of carboxylic acid groups (broad SMARTS) is 1. The predicted molar refractivity (Wildman–Crippen MR) is 192 cm³/mol. The lowest BCUT2D eigenvalue weighted by atomic mass is 9.74. The Morgan fingerprint density at radius 1 is 1.26 bits per heavy atom. The molecule has 3 aliphatic heterocycles. The zero-order chi connectivity index (χ0) is 38.8. The molecule has 54 heavy (non-hydrogen) atoms. The van der Waals surface area contributed by atoms with Crippen molar-refractivity contribution in [2.75, 3.05) is 43.4 Å². The molecule has 19 nitrogen and oxygen atoms in total. The molecule has 5 heterocycles. The maximum atomic E-state index is 13.4. The first kappa shape index (κ1) is 39.0. The SMILES string of the molecule is CC1(C)[C@H](CC(=O)/C(=N\O[C@@H](COc2ccc(N3CCc4c[n+](CC5CNC5)n(CCCN)c4C3)cc2)C(=O)O)c2csc(N)n2)C(=O)N1OS(=O)(=O)[O-]. The number of nitrogens with two attached hydrogens (primary N) is 2.